The quantitative estimate of drug-likeness (QED) is 0.0614. The number of carbonyl (C=O) groups excluding carboxylic acids is 1. The molecule has 210 valence electrons. The molecule has 0 bridgehead atoms. The zero-order chi connectivity index (χ0) is 25.9. The summed E-state index contributed by atoms with van der Waals surface area (Å²) in [5.41, 5.74) is 0. The average Bonchev–Trinajstić information content (AvgIpc) is 2.82. The third kappa shape index (κ3) is 27.8. The van der Waals surface area contributed by atoms with Gasteiger partial charge in [0.1, 0.15) is 6.54 Å². The van der Waals surface area contributed by atoms with Crippen LogP contribution < -0.4 is 0 Å². The van der Waals surface area contributed by atoms with E-state index in [2.05, 4.69) is 21.0 Å². The predicted molar refractivity (Wildman–Crippen MR) is 152 cm³/mol. The van der Waals surface area contributed by atoms with Crippen LogP contribution in [0.2, 0.25) is 0 Å². The van der Waals surface area contributed by atoms with Crippen LogP contribution in [0.15, 0.2) is 0 Å². The molecule has 0 unspecified atom stereocenters. The topological polar surface area (TPSA) is 35.5 Å². The van der Waals surface area contributed by atoms with Crippen molar-refractivity contribution < 1.29 is 18.8 Å². The molecular weight excluding hydrogens is 434 g/mol. The lowest BCUT2D eigenvalue weighted by Crippen LogP contribution is -2.43. The number of likely N-dealkylation sites (N-methyl/N-ethyl adjacent to an activating group) is 1. The van der Waals surface area contributed by atoms with E-state index in [1.54, 1.807) is 0 Å². The number of carbonyl (C=O) groups is 1. The van der Waals surface area contributed by atoms with Gasteiger partial charge in [-0.25, -0.2) is 0 Å². The number of ether oxygens (including phenoxy) is 2. The Hall–Kier alpha value is -0.610. The molecule has 0 aromatic heterocycles. The fourth-order valence-electron chi connectivity index (χ4n) is 4.71. The highest BCUT2D eigenvalue weighted by Crippen LogP contribution is 2.15. The summed E-state index contributed by atoms with van der Waals surface area (Å²) >= 11 is 0. The van der Waals surface area contributed by atoms with Crippen molar-refractivity contribution in [2.75, 3.05) is 47.0 Å². The molecule has 0 fully saturated rings. The van der Waals surface area contributed by atoms with Gasteiger partial charge < -0.3 is 14.0 Å². The van der Waals surface area contributed by atoms with Gasteiger partial charge in [-0.2, -0.15) is 0 Å². The minimum absolute atomic E-state index is 0.161. The molecule has 0 amide bonds. The van der Waals surface area contributed by atoms with Crippen LogP contribution in [-0.2, 0) is 14.3 Å². The molecule has 0 radical (unpaired) electrons. The van der Waals surface area contributed by atoms with Crippen LogP contribution in [0.1, 0.15) is 149 Å². The van der Waals surface area contributed by atoms with Gasteiger partial charge in [-0.05, 0) is 19.8 Å². The van der Waals surface area contributed by atoms with Crippen LogP contribution in [0.3, 0.4) is 0 Å². The molecule has 0 heterocycles. The summed E-state index contributed by atoms with van der Waals surface area (Å²) in [4.78, 5) is 11.3. The zero-order valence-corrected chi connectivity index (χ0v) is 24.6. The second kappa shape index (κ2) is 26.5. The number of hydrogen-bond acceptors (Lipinski definition) is 3. The molecule has 4 heteroatoms. The highest BCUT2D eigenvalue weighted by atomic mass is 16.5. The highest BCUT2D eigenvalue weighted by Gasteiger charge is 2.14. The third-order valence-electron chi connectivity index (χ3n) is 7.21. The van der Waals surface area contributed by atoms with Gasteiger partial charge in [0.2, 0.25) is 0 Å². The summed E-state index contributed by atoms with van der Waals surface area (Å²) in [6.07, 6.45) is 29.0. The SMILES string of the molecule is CCCCCCCCCCCCCCCCCCCCCC[N+](C)(C)CCOCCC(=O)OCC. The molecule has 0 atom stereocenters. The predicted octanol–water partition coefficient (Wildman–Crippen LogP) is 8.85. The smallest absolute Gasteiger partial charge is 0.308 e. The Labute approximate surface area is 220 Å². The molecule has 0 aromatic rings. The number of nitrogens with zero attached hydrogens (tertiary/aromatic N) is 1. The lowest BCUT2D eigenvalue weighted by Gasteiger charge is -2.29. The Morgan fingerprint density at radius 3 is 1.34 bits per heavy atom. The van der Waals surface area contributed by atoms with E-state index in [0.29, 0.717) is 26.2 Å². The molecule has 0 saturated carbocycles. The summed E-state index contributed by atoms with van der Waals surface area (Å²) in [5, 5.41) is 0. The number of unbranched alkanes of at least 4 members (excludes halogenated alkanes) is 19. The molecule has 0 aliphatic carbocycles. The van der Waals surface area contributed by atoms with Gasteiger partial charge in [-0.1, -0.05) is 122 Å². The minimum Gasteiger partial charge on any atom is -0.466 e. The molecule has 0 aliphatic rings. The molecular formula is C31H64NO3+. The summed E-state index contributed by atoms with van der Waals surface area (Å²) in [6.45, 7) is 7.97. The van der Waals surface area contributed by atoms with E-state index in [1.807, 2.05) is 6.92 Å². The number of esters is 1. The molecule has 0 aromatic carbocycles. The fraction of sp³-hybridized carbons (Fsp3) is 0.968. The van der Waals surface area contributed by atoms with Crippen molar-refractivity contribution in [2.24, 2.45) is 0 Å². The van der Waals surface area contributed by atoms with E-state index < -0.39 is 0 Å². The lowest BCUT2D eigenvalue weighted by atomic mass is 10.0. The molecule has 35 heavy (non-hydrogen) atoms. The first-order chi connectivity index (χ1) is 17.0. The second-order valence-corrected chi connectivity index (χ2v) is 11.3. The van der Waals surface area contributed by atoms with E-state index in [1.165, 1.54) is 135 Å². The molecule has 0 N–H and O–H groups in total. The second-order valence-electron chi connectivity index (χ2n) is 11.3. The van der Waals surface area contributed by atoms with Gasteiger partial charge in [0.15, 0.2) is 0 Å². The molecule has 0 spiro atoms. The summed E-state index contributed by atoms with van der Waals surface area (Å²) < 4.78 is 11.5. The van der Waals surface area contributed by atoms with Crippen molar-refractivity contribution in [3.63, 3.8) is 0 Å². The van der Waals surface area contributed by atoms with Crippen molar-refractivity contribution in [3.05, 3.63) is 0 Å². The summed E-state index contributed by atoms with van der Waals surface area (Å²) in [6, 6.07) is 0. The summed E-state index contributed by atoms with van der Waals surface area (Å²) in [5.74, 6) is -0.161. The van der Waals surface area contributed by atoms with E-state index >= 15 is 0 Å². The largest absolute Gasteiger partial charge is 0.466 e. The maximum Gasteiger partial charge on any atom is 0.308 e. The number of rotatable bonds is 28. The van der Waals surface area contributed by atoms with Crippen molar-refractivity contribution in [2.45, 2.75) is 149 Å². The Bertz CT molecular complexity index is 439. The third-order valence-corrected chi connectivity index (χ3v) is 7.21. The molecule has 4 nitrogen and oxygen atoms in total. The Morgan fingerprint density at radius 2 is 0.943 bits per heavy atom. The van der Waals surface area contributed by atoms with Crippen LogP contribution in [0.5, 0.6) is 0 Å². The Morgan fingerprint density at radius 1 is 0.543 bits per heavy atom. The monoisotopic (exact) mass is 498 g/mol. The van der Waals surface area contributed by atoms with Crippen molar-refractivity contribution in [3.8, 4) is 0 Å². The van der Waals surface area contributed by atoms with Gasteiger partial charge in [0.25, 0.3) is 0 Å². The van der Waals surface area contributed by atoms with Crippen LogP contribution in [-0.4, -0.2) is 57.5 Å². The normalized spacial score (nSPS) is 11.8. The maximum absolute atomic E-state index is 11.3. The van der Waals surface area contributed by atoms with Crippen LogP contribution in [0.25, 0.3) is 0 Å². The first kappa shape index (κ1) is 34.4. The van der Waals surface area contributed by atoms with Gasteiger partial charge in [0, 0.05) is 0 Å². The molecule has 0 saturated heterocycles. The zero-order valence-electron chi connectivity index (χ0n) is 24.6. The van der Waals surface area contributed by atoms with Crippen LogP contribution >= 0.6 is 0 Å². The minimum atomic E-state index is -0.161. The Kier molecular flexibility index (Phi) is 26.0. The Balaban J connectivity index is 3.27. The van der Waals surface area contributed by atoms with E-state index in [4.69, 9.17) is 9.47 Å². The van der Waals surface area contributed by atoms with Gasteiger partial charge >= 0.3 is 5.97 Å². The van der Waals surface area contributed by atoms with Crippen molar-refractivity contribution >= 4 is 5.97 Å². The average molecular weight is 499 g/mol. The van der Waals surface area contributed by atoms with Gasteiger partial charge in [-0.15, -0.1) is 0 Å². The lowest BCUT2D eigenvalue weighted by molar-refractivity contribution is -0.891. The number of hydrogen-bond donors (Lipinski definition) is 0. The number of quaternary nitrogens is 1. The van der Waals surface area contributed by atoms with Crippen LogP contribution in [0, 0.1) is 0 Å². The maximum atomic E-state index is 11.3. The highest BCUT2D eigenvalue weighted by molar-refractivity contribution is 5.69. The molecule has 0 aliphatic heterocycles. The van der Waals surface area contributed by atoms with Gasteiger partial charge in [0.05, 0.1) is 46.9 Å². The molecule has 0 rings (SSSR count). The standard InChI is InChI=1S/C31H64NO3/c1-5-7-8-9-10-11-12-13-14-15-16-17-18-19-20-21-22-23-24-25-27-32(3,4)28-30-34-29-26-31(33)35-6-2/h5-30H2,1-4H3/q+1. The van der Waals surface area contributed by atoms with E-state index in [0.717, 1.165) is 11.0 Å². The van der Waals surface area contributed by atoms with E-state index in [9.17, 15) is 4.79 Å². The van der Waals surface area contributed by atoms with Crippen LogP contribution in [0.4, 0.5) is 0 Å². The summed E-state index contributed by atoms with van der Waals surface area (Å²) in [7, 11) is 4.56. The van der Waals surface area contributed by atoms with Gasteiger partial charge in [-0.3, -0.25) is 4.79 Å². The first-order valence-corrected chi connectivity index (χ1v) is 15.6. The van der Waals surface area contributed by atoms with Crippen molar-refractivity contribution in [1.29, 1.82) is 0 Å². The first-order valence-electron chi connectivity index (χ1n) is 15.6. The fourth-order valence-corrected chi connectivity index (χ4v) is 4.71. The van der Waals surface area contributed by atoms with E-state index in [-0.39, 0.29) is 5.97 Å². The van der Waals surface area contributed by atoms with Crippen molar-refractivity contribution in [1.82, 2.24) is 0 Å².